The molecule has 3 rings (SSSR count). The van der Waals surface area contributed by atoms with Gasteiger partial charge in [-0.15, -0.1) is 6.58 Å². The molecule has 3 aromatic carbocycles. The summed E-state index contributed by atoms with van der Waals surface area (Å²) in [7, 11) is 0. The van der Waals surface area contributed by atoms with Gasteiger partial charge in [0.05, 0.1) is 0 Å². The first-order valence-corrected chi connectivity index (χ1v) is 12.0. The summed E-state index contributed by atoms with van der Waals surface area (Å²) in [5, 5.41) is 0. The Morgan fingerprint density at radius 1 is 0.818 bits per heavy atom. The number of Topliss-reactive ketones (excluding diaryl/α,β-unsaturated/α-hetero) is 1. The zero-order valence-corrected chi connectivity index (χ0v) is 20.0. The van der Waals surface area contributed by atoms with E-state index >= 15 is 0 Å². The van der Waals surface area contributed by atoms with Crippen molar-refractivity contribution in [3.8, 4) is 0 Å². The highest BCUT2D eigenvalue weighted by molar-refractivity contribution is 5.82. The minimum atomic E-state index is -0.865. The van der Waals surface area contributed by atoms with Gasteiger partial charge in [0.2, 0.25) is 0 Å². The lowest BCUT2D eigenvalue weighted by Crippen LogP contribution is -2.36. The van der Waals surface area contributed by atoms with Crippen molar-refractivity contribution in [3.63, 3.8) is 0 Å². The lowest BCUT2D eigenvalue weighted by atomic mass is 9.80. The maximum Gasteiger partial charge on any atom is 0.161 e. The van der Waals surface area contributed by atoms with Gasteiger partial charge in [0.15, 0.2) is 5.78 Å². The van der Waals surface area contributed by atoms with Crippen LogP contribution in [0.25, 0.3) is 0 Å². The second kappa shape index (κ2) is 12.3. The van der Waals surface area contributed by atoms with Gasteiger partial charge in [-0.1, -0.05) is 124 Å². The molecule has 0 radical (unpaired) electrons. The molecule has 0 aromatic heterocycles. The Labute approximate surface area is 199 Å². The second-order valence-corrected chi connectivity index (χ2v) is 9.08. The first-order valence-electron chi connectivity index (χ1n) is 12.0. The molecule has 1 atom stereocenters. The topological polar surface area (TPSA) is 26.3 Å². The average molecular weight is 441 g/mol. The summed E-state index contributed by atoms with van der Waals surface area (Å²) in [6.07, 6.45) is 5.60. The lowest BCUT2D eigenvalue weighted by Gasteiger charge is -2.36. The molecule has 0 amide bonds. The second-order valence-electron chi connectivity index (χ2n) is 9.08. The van der Waals surface area contributed by atoms with Crippen molar-refractivity contribution in [2.45, 2.75) is 45.1 Å². The van der Waals surface area contributed by atoms with Crippen molar-refractivity contribution >= 4 is 5.78 Å². The summed E-state index contributed by atoms with van der Waals surface area (Å²) in [5.74, 6) is 0.731. The summed E-state index contributed by atoms with van der Waals surface area (Å²) in [6.45, 7) is 8.39. The number of hydrogen-bond acceptors (Lipinski definition) is 2. The Hall–Kier alpha value is -2.97. The summed E-state index contributed by atoms with van der Waals surface area (Å²) in [5.41, 5.74) is 2.16. The van der Waals surface area contributed by atoms with Crippen LogP contribution in [0.3, 0.4) is 0 Å². The average Bonchev–Trinajstić information content (AvgIpc) is 2.85. The van der Waals surface area contributed by atoms with Gasteiger partial charge in [-0.2, -0.15) is 0 Å². The number of carbonyl (C=O) groups excluding carboxylic acids is 1. The summed E-state index contributed by atoms with van der Waals surface area (Å²) in [4.78, 5) is 13.4. The molecular formula is C31H36O2. The van der Waals surface area contributed by atoms with E-state index < -0.39 is 5.60 Å². The van der Waals surface area contributed by atoms with Crippen LogP contribution in [-0.2, 0) is 15.1 Å². The van der Waals surface area contributed by atoms with Gasteiger partial charge in [0.1, 0.15) is 12.2 Å². The third-order valence-corrected chi connectivity index (χ3v) is 6.21. The van der Waals surface area contributed by atoms with Crippen molar-refractivity contribution in [3.05, 3.63) is 120 Å². The fourth-order valence-electron chi connectivity index (χ4n) is 4.45. The largest absolute Gasteiger partial charge is 0.353 e. The van der Waals surface area contributed by atoms with Crippen LogP contribution in [0.4, 0.5) is 0 Å². The van der Waals surface area contributed by atoms with E-state index in [1.54, 1.807) is 0 Å². The smallest absolute Gasteiger partial charge is 0.161 e. The molecular weight excluding hydrogens is 404 g/mol. The summed E-state index contributed by atoms with van der Waals surface area (Å²) in [6, 6.07) is 30.6. The Bertz CT molecular complexity index is 881. The monoisotopic (exact) mass is 440 g/mol. The van der Waals surface area contributed by atoms with Crippen LogP contribution in [-0.4, -0.2) is 12.4 Å². The molecule has 0 aliphatic heterocycles. The predicted molar refractivity (Wildman–Crippen MR) is 137 cm³/mol. The van der Waals surface area contributed by atoms with Gasteiger partial charge in [0.25, 0.3) is 0 Å². The van der Waals surface area contributed by atoms with Crippen LogP contribution in [0.1, 0.15) is 56.2 Å². The molecule has 2 heteroatoms. The fraction of sp³-hybridized carbons (Fsp3) is 0.323. The SMILES string of the molecule is C=CCC(CCCC(C)C)C(=O)COC(c1ccccc1)(c1ccccc1)c1ccccc1. The molecule has 0 fully saturated rings. The number of ketones is 1. The van der Waals surface area contributed by atoms with Crippen molar-refractivity contribution in [2.24, 2.45) is 11.8 Å². The highest BCUT2D eigenvalue weighted by Crippen LogP contribution is 2.40. The zero-order valence-electron chi connectivity index (χ0n) is 20.0. The quantitative estimate of drug-likeness (QED) is 0.202. The van der Waals surface area contributed by atoms with E-state index in [1.165, 1.54) is 0 Å². The molecule has 0 saturated heterocycles. The van der Waals surface area contributed by atoms with Gasteiger partial charge in [0, 0.05) is 5.92 Å². The maximum absolute atomic E-state index is 13.4. The predicted octanol–water partition coefficient (Wildman–Crippen LogP) is 7.58. The van der Waals surface area contributed by atoms with E-state index in [4.69, 9.17) is 4.74 Å². The molecule has 0 bridgehead atoms. The van der Waals surface area contributed by atoms with Gasteiger partial charge in [-0.3, -0.25) is 4.79 Å². The molecule has 0 saturated carbocycles. The Kier molecular flexibility index (Phi) is 9.21. The van der Waals surface area contributed by atoms with E-state index in [0.717, 1.165) is 36.0 Å². The zero-order chi connectivity index (χ0) is 23.5. The maximum atomic E-state index is 13.4. The highest BCUT2D eigenvalue weighted by Gasteiger charge is 2.38. The van der Waals surface area contributed by atoms with Crippen molar-refractivity contribution in [1.29, 1.82) is 0 Å². The number of carbonyl (C=O) groups is 1. The van der Waals surface area contributed by atoms with E-state index in [0.29, 0.717) is 12.3 Å². The van der Waals surface area contributed by atoms with E-state index in [-0.39, 0.29) is 18.3 Å². The number of allylic oxidation sites excluding steroid dienone is 1. The number of benzene rings is 3. The molecule has 0 N–H and O–H groups in total. The van der Waals surface area contributed by atoms with Crippen LogP contribution in [0.5, 0.6) is 0 Å². The van der Waals surface area contributed by atoms with Crippen LogP contribution < -0.4 is 0 Å². The molecule has 0 heterocycles. The normalized spacial score (nSPS) is 12.5. The Morgan fingerprint density at radius 2 is 1.27 bits per heavy atom. The van der Waals surface area contributed by atoms with Crippen LogP contribution in [0.15, 0.2) is 104 Å². The molecule has 0 aliphatic rings. The van der Waals surface area contributed by atoms with E-state index in [2.05, 4.69) is 56.8 Å². The first-order chi connectivity index (χ1) is 16.1. The summed E-state index contributed by atoms with van der Waals surface area (Å²) >= 11 is 0. The van der Waals surface area contributed by atoms with Gasteiger partial charge >= 0.3 is 0 Å². The van der Waals surface area contributed by atoms with Gasteiger partial charge in [-0.05, 0) is 35.4 Å². The van der Waals surface area contributed by atoms with E-state index in [9.17, 15) is 4.79 Å². The van der Waals surface area contributed by atoms with Crippen LogP contribution >= 0.6 is 0 Å². The van der Waals surface area contributed by atoms with Crippen molar-refractivity contribution in [1.82, 2.24) is 0 Å². The highest BCUT2D eigenvalue weighted by atomic mass is 16.5. The number of ether oxygens (including phenoxy) is 1. The molecule has 0 spiro atoms. The summed E-state index contributed by atoms with van der Waals surface area (Å²) < 4.78 is 6.72. The first kappa shape index (κ1) is 24.7. The molecule has 172 valence electrons. The molecule has 33 heavy (non-hydrogen) atoms. The standard InChI is InChI=1S/C31H36O2/c1-4-15-26(17-14-16-25(2)3)30(32)24-33-31(27-18-8-5-9-19-27,28-20-10-6-11-21-28)29-22-12-7-13-23-29/h4-13,18-23,25-26H,1,14-17,24H2,2-3H3. The Morgan fingerprint density at radius 3 is 1.67 bits per heavy atom. The van der Waals surface area contributed by atoms with Gasteiger partial charge in [-0.25, -0.2) is 0 Å². The number of rotatable bonds is 13. The molecule has 0 aliphatic carbocycles. The minimum Gasteiger partial charge on any atom is -0.353 e. The Balaban J connectivity index is 1.96. The van der Waals surface area contributed by atoms with Crippen molar-refractivity contribution in [2.75, 3.05) is 6.61 Å². The third kappa shape index (κ3) is 6.30. The lowest BCUT2D eigenvalue weighted by molar-refractivity contribution is -0.131. The van der Waals surface area contributed by atoms with Crippen LogP contribution in [0.2, 0.25) is 0 Å². The van der Waals surface area contributed by atoms with Crippen molar-refractivity contribution < 1.29 is 9.53 Å². The molecule has 1 unspecified atom stereocenters. The third-order valence-electron chi connectivity index (χ3n) is 6.21. The van der Waals surface area contributed by atoms with Gasteiger partial charge < -0.3 is 4.74 Å². The minimum absolute atomic E-state index is 0.0544. The van der Waals surface area contributed by atoms with E-state index in [1.807, 2.05) is 60.7 Å². The molecule has 3 aromatic rings. The number of hydrogen-bond donors (Lipinski definition) is 0. The molecule has 2 nitrogen and oxygen atoms in total. The van der Waals surface area contributed by atoms with Crippen LogP contribution in [0, 0.1) is 11.8 Å². The fourth-order valence-corrected chi connectivity index (χ4v) is 4.45.